The molecular formula is C12Cl8O. The van der Waals surface area contributed by atoms with E-state index in [9.17, 15) is 0 Å². The van der Waals surface area contributed by atoms with E-state index in [-0.39, 0.29) is 51.3 Å². The summed E-state index contributed by atoms with van der Waals surface area (Å²) in [4.78, 5) is 0. The lowest BCUT2D eigenvalue weighted by Gasteiger charge is -2.05. The van der Waals surface area contributed by atoms with Gasteiger partial charge in [0.15, 0.2) is 11.2 Å². The van der Waals surface area contributed by atoms with Crippen LogP contribution in [0.1, 0.15) is 0 Å². The molecule has 1 nitrogen and oxygen atoms in total. The van der Waals surface area contributed by atoms with Crippen molar-refractivity contribution >= 4 is 115 Å². The average molecular weight is 456 g/mol. The Kier molecular flexibility index (Phi) is 4.36. The first kappa shape index (κ1) is 16.4. The van der Waals surface area contributed by atoms with Gasteiger partial charge >= 0.3 is 0 Å². The van der Waals surface area contributed by atoms with Crippen molar-refractivity contribution in [1.82, 2.24) is 0 Å². The van der Waals surface area contributed by atoms with Crippen LogP contribution in [-0.4, -0.2) is 0 Å². The van der Waals surface area contributed by atoms with Gasteiger partial charge in [-0.15, -0.1) is 0 Å². The summed E-state index contributed by atoms with van der Waals surface area (Å²) in [6.45, 7) is 0. The number of hydrogen-bond donors (Lipinski definition) is 0. The van der Waals surface area contributed by atoms with E-state index in [0.717, 1.165) is 0 Å². The summed E-state index contributed by atoms with van der Waals surface area (Å²) in [5.41, 5.74) is 0.404. The van der Waals surface area contributed by atoms with Crippen molar-refractivity contribution in [2.75, 3.05) is 0 Å². The maximum atomic E-state index is 6.23. The summed E-state index contributed by atoms with van der Waals surface area (Å²) < 4.78 is 5.63. The van der Waals surface area contributed by atoms with Crippen LogP contribution >= 0.6 is 92.8 Å². The number of fused-ring (bicyclic) bond motifs is 3. The van der Waals surface area contributed by atoms with E-state index in [1.54, 1.807) is 0 Å². The molecular weight excluding hydrogens is 456 g/mol. The molecule has 0 fully saturated rings. The first-order valence-electron chi connectivity index (χ1n) is 5.17. The van der Waals surface area contributed by atoms with Crippen molar-refractivity contribution in [3.8, 4) is 0 Å². The van der Waals surface area contributed by atoms with Gasteiger partial charge in [0.2, 0.25) is 0 Å². The van der Waals surface area contributed by atoms with Gasteiger partial charge in [-0.3, -0.25) is 0 Å². The van der Waals surface area contributed by atoms with Crippen LogP contribution < -0.4 is 0 Å². The van der Waals surface area contributed by atoms with Crippen molar-refractivity contribution in [3.05, 3.63) is 40.2 Å². The molecule has 0 amide bonds. The molecule has 0 radical (unpaired) electrons. The maximum absolute atomic E-state index is 6.23. The number of benzene rings is 2. The van der Waals surface area contributed by atoms with E-state index in [1.165, 1.54) is 0 Å². The van der Waals surface area contributed by atoms with Crippen LogP contribution in [0.4, 0.5) is 0 Å². The Labute approximate surface area is 158 Å². The highest BCUT2D eigenvalue weighted by Gasteiger charge is 2.26. The molecule has 0 N–H and O–H groups in total. The predicted octanol–water partition coefficient (Wildman–Crippen LogP) is 8.81. The molecule has 21 heavy (non-hydrogen) atoms. The smallest absolute Gasteiger partial charge is 0.157 e. The zero-order chi connectivity index (χ0) is 15.6. The SMILES string of the molecule is Cl[13c]1[13c](Cl)[13c](Cl)[13c]2[13c](o[13c]3[13c](Cl)[13c](Cl)[13c](Cl)[13c](Cl)[13c]32)[13c]1Cl. The third-order valence-electron chi connectivity index (χ3n) is 2.90. The Morgan fingerprint density at radius 1 is 0.381 bits per heavy atom. The van der Waals surface area contributed by atoms with Crippen LogP contribution in [0.2, 0.25) is 40.2 Å². The molecule has 0 atom stereocenters. The minimum absolute atomic E-state index is 0.0688. The number of hydrogen-bond acceptors (Lipinski definition) is 1. The highest BCUT2D eigenvalue weighted by Crippen LogP contribution is 2.52. The quantitative estimate of drug-likeness (QED) is 0.244. The topological polar surface area (TPSA) is 13.1 Å². The molecule has 2 aromatic carbocycles. The van der Waals surface area contributed by atoms with Crippen LogP contribution in [0, 0.1) is 0 Å². The fourth-order valence-corrected chi connectivity index (χ4v) is 3.90. The standard InChI is InChI=1S/C12Cl8O/c13-3-1-2-4(14)6(16)8(18)10(20)12(2)21-11(1)9(19)7(17)5(3)15/i1+1,2+1,3+1,4+1,5+1,6+1,7+1,8+1,9+1,10+1,11+1,12+1. The number of halogens is 8. The average Bonchev–Trinajstić information content (AvgIpc) is 2.87. The number of furan rings is 1. The Hall–Kier alpha value is 0.560. The minimum Gasteiger partial charge on any atom is -0.453 e. The zero-order valence-electron chi connectivity index (χ0n) is 9.43. The minimum atomic E-state index is 0.0688. The van der Waals surface area contributed by atoms with Crippen LogP contribution in [0.15, 0.2) is 4.42 Å². The number of rotatable bonds is 0. The molecule has 9 heteroatoms. The van der Waals surface area contributed by atoms with E-state index in [2.05, 4.69) is 0 Å². The molecule has 110 valence electrons. The lowest BCUT2D eigenvalue weighted by molar-refractivity contribution is 0.669. The predicted molar refractivity (Wildman–Crippen MR) is 93.8 cm³/mol. The fraction of sp³-hybridized carbons (Fsp3) is 0. The Bertz CT molecular complexity index is 853. The Balaban J connectivity index is 2.73. The first-order chi connectivity index (χ1) is 9.77. The molecule has 0 bridgehead atoms. The van der Waals surface area contributed by atoms with Gasteiger partial charge in [-0.05, 0) is 0 Å². The molecule has 3 rings (SSSR count). The highest BCUT2D eigenvalue weighted by atomic mass is 35.5. The van der Waals surface area contributed by atoms with E-state index in [1.807, 2.05) is 0 Å². The second-order valence-corrected chi connectivity index (χ2v) is 7.05. The van der Waals surface area contributed by atoms with E-state index in [4.69, 9.17) is 97.2 Å². The highest BCUT2D eigenvalue weighted by molar-refractivity contribution is 6.59. The largest absolute Gasteiger partial charge is 0.453 e. The molecule has 0 aliphatic rings. The molecule has 0 saturated carbocycles. The molecule has 1 heterocycles. The maximum Gasteiger partial charge on any atom is 0.157 e. The lowest BCUT2D eigenvalue weighted by atomic mass is 11.1. The van der Waals surface area contributed by atoms with Gasteiger partial charge in [0.1, 0.15) is 10.0 Å². The van der Waals surface area contributed by atoms with E-state index in [0.29, 0.717) is 10.8 Å². The summed E-state index contributed by atoms with van der Waals surface area (Å²) in [7, 11) is 0. The van der Waals surface area contributed by atoms with Gasteiger partial charge in [-0.1, -0.05) is 92.8 Å². The first-order valence-corrected chi connectivity index (χ1v) is 8.19. The van der Waals surface area contributed by atoms with Gasteiger partial charge in [0, 0.05) is 0 Å². The molecule has 0 aliphatic heterocycles. The molecule has 0 unspecified atom stereocenters. The van der Waals surface area contributed by atoms with E-state index < -0.39 is 0 Å². The fourth-order valence-electron chi connectivity index (χ4n) is 1.96. The molecule has 0 saturated heterocycles. The second-order valence-electron chi connectivity index (χ2n) is 4.02. The zero-order valence-corrected chi connectivity index (χ0v) is 15.5. The summed E-state index contributed by atoms with van der Waals surface area (Å²) in [5, 5.41) is 1.50. The Morgan fingerprint density at radius 2 is 0.667 bits per heavy atom. The second kappa shape index (κ2) is 5.58. The third kappa shape index (κ3) is 2.21. The summed E-state index contributed by atoms with van der Waals surface area (Å²) in [6.07, 6.45) is 0. The molecule has 3 aromatic rings. The molecule has 0 aliphatic carbocycles. The van der Waals surface area contributed by atoms with Gasteiger partial charge in [-0.25, -0.2) is 0 Å². The van der Waals surface area contributed by atoms with Crippen molar-refractivity contribution in [2.24, 2.45) is 0 Å². The van der Waals surface area contributed by atoms with Crippen LogP contribution in [-0.2, 0) is 0 Å². The van der Waals surface area contributed by atoms with Crippen LogP contribution in [0.25, 0.3) is 21.9 Å². The van der Waals surface area contributed by atoms with Crippen molar-refractivity contribution < 1.29 is 4.42 Å². The van der Waals surface area contributed by atoms with Crippen LogP contribution in [0.3, 0.4) is 0 Å². The van der Waals surface area contributed by atoms with Crippen LogP contribution in [0.5, 0.6) is 0 Å². The van der Waals surface area contributed by atoms with Gasteiger partial charge in [0.25, 0.3) is 0 Å². The van der Waals surface area contributed by atoms with Gasteiger partial charge < -0.3 is 4.42 Å². The van der Waals surface area contributed by atoms with Crippen molar-refractivity contribution in [2.45, 2.75) is 0 Å². The lowest BCUT2D eigenvalue weighted by Crippen LogP contribution is -1.80. The van der Waals surface area contributed by atoms with E-state index >= 15 is 0 Å². The molecule has 1 aromatic heterocycles. The monoisotopic (exact) mass is 452 g/mol. The summed E-state index contributed by atoms with van der Waals surface area (Å²) >= 11 is 48.9. The summed E-state index contributed by atoms with van der Waals surface area (Å²) in [5.74, 6) is 0. The third-order valence-corrected chi connectivity index (χ3v) is 6.47. The normalized spacial score (nSPS) is 11.8. The van der Waals surface area contributed by atoms with Crippen molar-refractivity contribution in [1.29, 1.82) is 0 Å². The van der Waals surface area contributed by atoms with Gasteiger partial charge in [-0.2, -0.15) is 0 Å². The Morgan fingerprint density at radius 3 is 1.00 bits per heavy atom. The summed E-state index contributed by atoms with van der Waals surface area (Å²) in [6, 6.07) is 0. The van der Waals surface area contributed by atoms with Gasteiger partial charge in [0.05, 0.1) is 40.9 Å². The molecule has 0 spiro atoms. The van der Waals surface area contributed by atoms with Crippen molar-refractivity contribution in [3.63, 3.8) is 0 Å².